The Hall–Kier alpha value is -1.64. The van der Waals surface area contributed by atoms with Crippen LogP contribution in [0.25, 0.3) is 0 Å². The number of aromatic nitrogens is 1. The number of nitrogens with zero attached hydrogens (tertiary/aromatic N) is 4. The van der Waals surface area contributed by atoms with Gasteiger partial charge in [0, 0.05) is 32.4 Å². The third-order valence-corrected chi connectivity index (χ3v) is 4.25. The summed E-state index contributed by atoms with van der Waals surface area (Å²) < 4.78 is 5.36. The summed E-state index contributed by atoms with van der Waals surface area (Å²) >= 11 is 0. The molecule has 22 heavy (non-hydrogen) atoms. The first-order valence-corrected chi connectivity index (χ1v) is 8.01. The van der Waals surface area contributed by atoms with Crippen molar-refractivity contribution in [1.29, 1.82) is 5.26 Å². The van der Waals surface area contributed by atoms with E-state index in [1.54, 1.807) is 0 Å². The van der Waals surface area contributed by atoms with Crippen molar-refractivity contribution >= 4 is 5.82 Å². The van der Waals surface area contributed by atoms with Crippen molar-refractivity contribution in [3.8, 4) is 6.07 Å². The molecule has 0 bridgehead atoms. The second-order valence-corrected chi connectivity index (χ2v) is 5.96. The largest absolute Gasteiger partial charge is 0.379 e. The zero-order valence-corrected chi connectivity index (χ0v) is 13.9. The van der Waals surface area contributed by atoms with Gasteiger partial charge in [-0.3, -0.25) is 4.90 Å². The summed E-state index contributed by atoms with van der Waals surface area (Å²) in [6.07, 6.45) is 2.27. The SMILES string of the molecule is Cc1cc(C#N)c(N(C)CCCCN2CCOCC2)nc1C. The number of hydrogen-bond acceptors (Lipinski definition) is 5. The molecule has 0 N–H and O–H groups in total. The van der Waals surface area contributed by atoms with E-state index in [0.717, 1.165) is 69.3 Å². The summed E-state index contributed by atoms with van der Waals surface area (Å²) in [4.78, 5) is 9.15. The Morgan fingerprint density at radius 2 is 2.05 bits per heavy atom. The van der Waals surface area contributed by atoms with Gasteiger partial charge in [0.05, 0.1) is 18.8 Å². The van der Waals surface area contributed by atoms with Gasteiger partial charge in [0.2, 0.25) is 0 Å². The lowest BCUT2D eigenvalue weighted by Crippen LogP contribution is -2.37. The smallest absolute Gasteiger partial charge is 0.146 e. The summed E-state index contributed by atoms with van der Waals surface area (Å²) in [6.45, 7) is 9.86. The van der Waals surface area contributed by atoms with E-state index >= 15 is 0 Å². The molecule has 1 aliphatic rings. The van der Waals surface area contributed by atoms with Crippen molar-refractivity contribution in [3.05, 3.63) is 22.9 Å². The quantitative estimate of drug-likeness (QED) is 0.753. The average Bonchev–Trinajstić information content (AvgIpc) is 2.54. The number of ether oxygens (including phenoxy) is 1. The van der Waals surface area contributed by atoms with Crippen molar-refractivity contribution in [2.24, 2.45) is 0 Å². The fourth-order valence-corrected chi connectivity index (χ4v) is 2.68. The van der Waals surface area contributed by atoms with Gasteiger partial charge < -0.3 is 9.64 Å². The van der Waals surface area contributed by atoms with Crippen molar-refractivity contribution in [2.75, 3.05) is 51.3 Å². The molecule has 5 nitrogen and oxygen atoms in total. The molecule has 1 aliphatic heterocycles. The van der Waals surface area contributed by atoms with E-state index in [4.69, 9.17) is 4.74 Å². The molecular weight excluding hydrogens is 276 g/mol. The summed E-state index contributed by atoms with van der Waals surface area (Å²) in [5.74, 6) is 0.803. The lowest BCUT2D eigenvalue weighted by Gasteiger charge is -2.27. The third kappa shape index (κ3) is 4.43. The van der Waals surface area contributed by atoms with Gasteiger partial charge in [-0.05, 0) is 44.9 Å². The van der Waals surface area contributed by atoms with Gasteiger partial charge in [-0.1, -0.05) is 0 Å². The van der Waals surface area contributed by atoms with Crippen molar-refractivity contribution in [1.82, 2.24) is 9.88 Å². The molecule has 0 aliphatic carbocycles. The van der Waals surface area contributed by atoms with Gasteiger partial charge >= 0.3 is 0 Å². The van der Waals surface area contributed by atoms with E-state index < -0.39 is 0 Å². The standard InChI is InChI=1S/C17H26N4O/c1-14-12-16(13-18)17(19-15(14)2)20(3)6-4-5-7-21-8-10-22-11-9-21/h12H,4-11H2,1-3H3. The van der Waals surface area contributed by atoms with Crippen molar-refractivity contribution in [2.45, 2.75) is 26.7 Å². The molecule has 0 radical (unpaired) electrons. The molecule has 1 fully saturated rings. The van der Waals surface area contributed by atoms with Crippen LogP contribution in [0.5, 0.6) is 0 Å². The van der Waals surface area contributed by atoms with Gasteiger partial charge in [-0.25, -0.2) is 4.98 Å². The maximum atomic E-state index is 9.29. The van der Waals surface area contributed by atoms with E-state index in [9.17, 15) is 5.26 Å². The number of morpholine rings is 1. The number of pyridine rings is 1. The lowest BCUT2D eigenvalue weighted by atomic mass is 10.1. The Morgan fingerprint density at radius 1 is 1.32 bits per heavy atom. The highest BCUT2D eigenvalue weighted by Crippen LogP contribution is 2.19. The van der Waals surface area contributed by atoms with E-state index in [0.29, 0.717) is 5.56 Å². The maximum Gasteiger partial charge on any atom is 0.146 e. The number of rotatable bonds is 6. The molecule has 1 saturated heterocycles. The van der Waals surface area contributed by atoms with E-state index in [1.807, 2.05) is 27.0 Å². The van der Waals surface area contributed by atoms with Crippen molar-refractivity contribution in [3.63, 3.8) is 0 Å². The number of nitriles is 1. The first-order valence-electron chi connectivity index (χ1n) is 8.01. The number of hydrogen-bond donors (Lipinski definition) is 0. The Labute approximate surface area is 133 Å². The summed E-state index contributed by atoms with van der Waals surface area (Å²) in [7, 11) is 2.02. The lowest BCUT2D eigenvalue weighted by molar-refractivity contribution is 0.0372. The average molecular weight is 302 g/mol. The van der Waals surface area contributed by atoms with Crippen LogP contribution < -0.4 is 4.90 Å². The Balaban J connectivity index is 1.83. The van der Waals surface area contributed by atoms with Crippen LogP contribution in [0.2, 0.25) is 0 Å². The normalized spacial score (nSPS) is 15.5. The van der Waals surface area contributed by atoms with E-state index in [2.05, 4.69) is 20.9 Å². The molecule has 120 valence electrons. The highest BCUT2D eigenvalue weighted by atomic mass is 16.5. The second kappa shape index (κ2) is 8.11. The highest BCUT2D eigenvalue weighted by Gasteiger charge is 2.12. The Bertz CT molecular complexity index is 532. The molecule has 5 heteroatoms. The van der Waals surface area contributed by atoms with Crippen LogP contribution in [0.4, 0.5) is 5.82 Å². The van der Waals surface area contributed by atoms with Crippen LogP contribution in [0.1, 0.15) is 29.7 Å². The minimum Gasteiger partial charge on any atom is -0.379 e. The maximum absolute atomic E-state index is 9.29. The van der Waals surface area contributed by atoms with Gasteiger partial charge in [-0.15, -0.1) is 0 Å². The van der Waals surface area contributed by atoms with Gasteiger partial charge in [-0.2, -0.15) is 5.26 Å². The van der Waals surface area contributed by atoms with Crippen LogP contribution >= 0.6 is 0 Å². The van der Waals surface area contributed by atoms with E-state index in [-0.39, 0.29) is 0 Å². The molecule has 0 spiro atoms. The summed E-state index contributed by atoms with van der Waals surface area (Å²) in [6, 6.07) is 4.19. The molecule has 2 rings (SSSR count). The molecule has 0 unspecified atom stereocenters. The molecule has 1 aromatic rings. The third-order valence-electron chi connectivity index (χ3n) is 4.25. The summed E-state index contributed by atoms with van der Waals surface area (Å²) in [5.41, 5.74) is 2.73. The van der Waals surface area contributed by atoms with Gasteiger partial charge in [0.1, 0.15) is 11.9 Å². The van der Waals surface area contributed by atoms with E-state index in [1.165, 1.54) is 0 Å². The molecule has 1 aromatic heterocycles. The number of aryl methyl sites for hydroxylation is 2. The van der Waals surface area contributed by atoms with Crippen molar-refractivity contribution < 1.29 is 4.74 Å². The van der Waals surface area contributed by atoms with Crippen LogP contribution in [0, 0.1) is 25.2 Å². The Kier molecular flexibility index (Phi) is 6.17. The minimum absolute atomic E-state index is 0.666. The number of unbranched alkanes of at least 4 members (excludes halogenated alkanes) is 1. The summed E-state index contributed by atoms with van der Waals surface area (Å²) in [5, 5.41) is 9.29. The molecule has 0 saturated carbocycles. The molecular formula is C17H26N4O. The van der Waals surface area contributed by atoms with Crippen LogP contribution in [-0.2, 0) is 4.74 Å². The first-order chi connectivity index (χ1) is 10.6. The van der Waals surface area contributed by atoms with Crippen LogP contribution in [-0.4, -0.2) is 56.3 Å². The number of anilines is 1. The molecule has 2 heterocycles. The van der Waals surface area contributed by atoms with Crippen LogP contribution in [0.3, 0.4) is 0 Å². The fourth-order valence-electron chi connectivity index (χ4n) is 2.68. The highest BCUT2D eigenvalue weighted by molar-refractivity contribution is 5.55. The molecule has 0 aromatic carbocycles. The molecule has 0 atom stereocenters. The second-order valence-electron chi connectivity index (χ2n) is 5.96. The predicted octanol–water partition coefficient (Wildman–Crippen LogP) is 2.12. The predicted molar refractivity (Wildman–Crippen MR) is 88.2 cm³/mol. The topological polar surface area (TPSA) is 52.4 Å². The Morgan fingerprint density at radius 3 is 2.73 bits per heavy atom. The zero-order valence-electron chi connectivity index (χ0n) is 13.9. The minimum atomic E-state index is 0.666. The van der Waals surface area contributed by atoms with Gasteiger partial charge in [0.25, 0.3) is 0 Å². The fraction of sp³-hybridized carbons (Fsp3) is 0.647. The monoisotopic (exact) mass is 302 g/mol. The first kappa shape index (κ1) is 16.7. The zero-order chi connectivity index (χ0) is 15.9. The van der Waals surface area contributed by atoms with Crippen LogP contribution in [0.15, 0.2) is 6.07 Å². The molecule has 0 amide bonds. The van der Waals surface area contributed by atoms with Gasteiger partial charge in [0.15, 0.2) is 0 Å².